The summed E-state index contributed by atoms with van der Waals surface area (Å²) in [5, 5.41) is 4.72. The first kappa shape index (κ1) is 26.0. The lowest BCUT2D eigenvalue weighted by Gasteiger charge is -2.13. The molecular weight excluding hydrogens is 572 g/mol. The van der Waals surface area contributed by atoms with E-state index in [1.807, 2.05) is 0 Å². The fraction of sp³-hybridized carbons (Fsp3) is 0. The molecule has 47 heavy (non-hydrogen) atoms. The van der Waals surface area contributed by atoms with E-state index in [4.69, 9.17) is 4.42 Å². The van der Waals surface area contributed by atoms with E-state index in [2.05, 4.69) is 179 Å². The number of furan rings is 1. The van der Waals surface area contributed by atoms with Gasteiger partial charge in [0.15, 0.2) is 5.58 Å². The van der Waals surface area contributed by atoms with E-state index in [9.17, 15) is 0 Å². The minimum absolute atomic E-state index is 0.886. The molecule has 0 spiro atoms. The van der Waals surface area contributed by atoms with Gasteiger partial charge in [-0.15, -0.1) is 0 Å². The summed E-state index contributed by atoms with van der Waals surface area (Å²) in [5.74, 6) is 0. The molecule has 0 saturated heterocycles. The number of rotatable bonds is 4. The molecule has 3 aromatic heterocycles. The molecule has 3 nitrogen and oxygen atoms in total. The molecule has 10 aromatic rings. The lowest BCUT2D eigenvalue weighted by Crippen LogP contribution is -1.93. The van der Waals surface area contributed by atoms with Crippen molar-refractivity contribution in [2.45, 2.75) is 0 Å². The number of fused-ring (bicyclic) bond motifs is 8. The van der Waals surface area contributed by atoms with E-state index in [0.29, 0.717) is 0 Å². The zero-order valence-electron chi connectivity index (χ0n) is 25.5. The van der Waals surface area contributed by atoms with Crippen LogP contribution in [0.1, 0.15) is 0 Å². The van der Waals surface area contributed by atoms with Crippen LogP contribution < -0.4 is 0 Å². The molecule has 0 aliphatic rings. The van der Waals surface area contributed by atoms with Crippen molar-refractivity contribution in [3.05, 3.63) is 170 Å². The zero-order chi connectivity index (χ0) is 30.9. The average Bonchev–Trinajstić information content (AvgIpc) is 3.79. The number of hydrogen-bond donors (Lipinski definition) is 0. The Morgan fingerprint density at radius 2 is 0.957 bits per heavy atom. The van der Waals surface area contributed by atoms with E-state index in [-0.39, 0.29) is 0 Å². The molecule has 0 unspecified atom stereocenters. The Labute approximate surface area is 271 Å². The second-order valence-corrected chi connectivity index (χ2v) is 12.1. The van der Waals surface area contributed by atoms with Gasteiger partial charge in [-0.05, 0) is 82.9 Å². The maximum atomic E-state index is 6.73. The first-order chi connectivity index (χ1) is 23.3. The summed E-state index contributed by atoms with van der Waals surface area (Å²) in [5.41, 5.74) is 13.5. The number of aromatic nitrogens is 2. The van der Waals surface area contributed by atoms with Crippen LogP contribution in [-0.4, -0.2) is 9.13 Å². The van der Waals surface area contributed by atoms with Crippen LogP contribution in [0, 0.1) is 0 Å². The summed E-state index contributed by atoms with van der Waals surface area (Å²) in [6, 6.07) is 60.6. The monoisotopic (exact) mass is 600 g/mol. The van der Waals surface area contributed by atoms with Crippen molar-refractivity contribution in [2.24, 2.45) is 0 Å². The largest absolute Gasteiger partial charge is 0.454 e. The Balaban J connectivity index is 1.20. The fourth-order valence-corrected chi connectivity index (χ4v) is 7.55. The molecule has 10 rings (SSSR count). The Morgan fingerprint density at radius 1 is 0.383 bits per heavy atom. The highest BCUT2D eigenvalue weighted by atomic mass is 16.3. The third kappa shape index (κ3) is 3.81. The molecule has 0 bridgehead atoms. The van der Waals surface area contributed by atoms with E-state index in [1.165, 1.54) is 38.5 Å². The van der Waals surface area contributed by atoms with Gasteiger partial charge in [0.25, 0.3) is 0 Å². The van der Waals surface area contributed by atoms with E-state index < -0.39 is 0 Å². The number of hydrogen-bond acceptors (Lipinski definition) is 1. The molecule has 0 saturated carbocycles. The van der Waals surface area contributed by atoms with E-state index in [0.717, 1.165) is 49.9 Å². The van der Waals surface area contributed by atoms with Crippen LogP contribution in [-0.2, 0) is 0 Å². The van der Waals surface area contributed by atoms with Gasteiger partial charge in [0, 0.05) is 32.9 Å². The summed E-state index contributed by atoms with van der Waals surface area (Å²) < 4.78 is 11.4. The molecule has 7 aromatic carbocycles. The molecule has 220 valence electrons. The van der Waals surface area contributed by atoms with Crippen LogP contribution in [0.5, 0.6) is 0 Å². The van der Waals surface area contributed by atoms with Crippen molar-refractivity contribution in [1.82, 2.24) is 9.13 Å². The van der Waals surface area contributed by atoms with Crippen LogP contribution in [0.3, 0.4) is 0 Å². The topological polar surface area (TPSA) is 23.0 Å². The molecule has 0 N–H and O–H groups in total. The van der Waals surface area contributed by atoms with Crippen LogP contribution in [0.25, 0.3) is 88.4 Å². The van der Waals surface area contributed by atoms with Crippen LogP contribution >= 0.6 is 0 Å². The molecule has 0 amide bonds. The van der Waals surface area contributed by atoms with E-state index >= 15 is 0 Å². The van der Waals surface area contributed by atoms with Crippen molar-refractivity contribution < 1.29 is 4.42 Å². The predicted molar refractivity (Wildman–Crippen MR) is 196 cm³/mol. The van der Waals surface area contributed by atoms with Crippen molar-refractivity contribution in [1.29, 1.82) is 0 Å². The highest BCUT2D eigenvalue weighted by Gasteiger charge is 2.21. The van der Waals surface area contributed by atoms with Gasteiger partial charge >= 0.3 is 0 Å². The summed E-state index contributed by atoms with van der Waals surface area (Å²) in [6.07, 6.45) is 0. The van der Waals surface area contributed by atoms with E-state index in [1.54, 1.807) is 0 Å². The maximum Gasteiger partial charge on any atom is 0.161 e. The Bertz CT molecular complexity index is 2780. The highest BCUT2D eigenvalue weighted by Crippen LogP contribution is 2.44. The molecular formula is C44H28N2O. The van der Waals surface area contributed by atoms with Crippen LogP contribution in [0.15, 0.2) is 174 Å². The predicted octanol–water partition coefficient (Wildman–Crippen LogP) is 12.0. The minimum Gasteiger partial charge on any atom is -0.454 e. The van der Waals surface area contributed by atoms with Gasteiger partial charge in [0.1, 0.15) is 11.1 Å². The smallest absolute Gasteiger partial charge is 0.161 e. The molecule has 0 aliphatic carbocycles. The van der Waals surface area contributed by atoms with Gasteiger partial charge in [0.2, 0.25) is 0 Å². The van der Waals surface area contributed by atoms with Gasteiger partial charge < -0.3 is 13.6 Å². The van der Waals surface area contributed by atoms with Gasteiger partial charge in [-0.2, -0.15) is 0 Å². The second-order valence-electron chi connectivity index (χ2n) is 12.1. The van der Waals surface area contributed by atoms with Crippen LogP contribution in [0.4, 0.5) is 0 Å². The summed E-state index contributed by atoms with van der Waals surface area (Å²) >= 11 is 0. The molecule has 0 atom stereocenters. The summed E-state index contributed by atoms with van der Waals surface area (Å²) in [7, 11) is 0. The molecule has 3 heteroatoms. The average molecular weight is 601 g/mol. The SMILES string of the molecule is c1ccc(-n2c3ccccc3c3c(-c4ccccc4-c4ccc5c(c4)oc4c6ccccc6n(-c6ccccc6)c54)cccc32)cc1. The first-order valence-electron chi connectivity index (χ1n) is 16.0. The molecule has 0 radical (unpaired) electrons. The summed E-state index contributed by atoms with van der Waals surface area (Å²) in [4.78, 5) is 0. The maximum absolute atomic E-state index is 6.73. The minimum atomic E-state index is 0.886. The first-order valence-corrected chi connectivity index (χ1v) is 16.0. The standard InChI is InChI=1S/C44H28N2O/c1-3-14-30(15-4-1)45-38-23-11-9-20-35(38)42-34(22-13-25-40(42)45)33-19-8-7-18-32(33)29-26-27-37-41(28-29)47-44-36-21-10-12-24-39(36)46(43(37)44)31-16-5-2-6-17-31/h1-28H. The Morgan fingerprint density at radius 3 is 1.72 bits per heavy atom. The van der Waals surface area contributed by atoms with Crippen molar-refractivity contribution in [3.8, 4) is 33.6 Å². The Kier molecular flexibility index (Phi) is 5.57. The number of benzene rings is 7. The second kappa shape index (κ2) is 10.1. The van der Waals surface area contributed by atoms with Crippen LogP contribution in [0.2, 0.25) is 0 Å². The highest BCUT2D eigenvalue weighted by molar-refractivity contribution is 6.18. The summed E-state index contributed by atoms with van der Waals surface area (Å²) in [6.45, 7) is 0. The van der Waals surface area contributed by atoms with Gasteiger partial charge in [-0.25, -0.2) is 0 Å². The van der Waals surface area contributed by atoms with Crippen molar-refractivity contribution >= 4 is 54.8 Å². The third-order valence-corrected chi connectivity index (χ3v) is 9.53. The number of para-hydroxylation sites is 4. The van der Waals surface area contributed by atoms with Gasteiger partial charge in [0.05, 0.1) is 16.6 Å². The quantitative estimate of drug-likeness (QED) is 0.197. The van der Waals surface area contributed by atoms with Gasteiger partial charge in [-0.1, -0.05) is 109 Å². The molecule has 0 aliphatic heterocycles. The Hall–Kier alpha value is -6.32. The normalized spacial score (nSPS) is 11.8. The molecule has 0 fully saturated rings. The lowest BCUT2D eigenvalue weighted by molar-refractivity contribution is 0.673. The third-order valence-electron chi connectivity index (χ3n) is 9.53. The number of nitrogens with zero attached hydrogens (tertiary/aromatic N) is 2. The van der Waals surface area contributed by atoms with Gasteiger partial charge in [-0.3, -0.25) is 0 Å². The lowest BCUT2D eigenvalue weighted by atomic mass is 9.91. The van der Waals surface area contributed by atoms with Crippen molar-refractivity contribution in [2.75, 3.05) is 0 Å². The van der Waals surface area contributed by atoms with Crippen molar-refractivity contribution in [3.63, 3.8) is 0 Å². The fourth-order valence-electron chi connectivity index (χ4n) is 7.55. The molecule has 3 heterocycles. The zero-order valence-corrected chi connectivity index (χ0v) is 25.5.